The molecule has 5 nitrogen and oxygen atoms in total. The molecule has 22 heavy (non-hydrogen) atoms. The van der Waals surface area contributed by atoms with Gasteiger partial charge in [-0.2, -0.15) is 0 Å². The van der Waals surface area contributed by atoms with Gasteiger partial charge in [0.2, 0.25) is 0 Å². The van der Waals surface area contributed by atoms with E-state index in [0.717, 1.165) is 10.5 Å². The lowest BCUT2D eigenvalue weighted by atomic mass is 10.1. The molecular formula is C16H23NO4S. The predicted octanol–water partition coefficient (Wildman–Crippen LogP) is 3.32. The maximum Gasteiger partial charge on any atom is 0.408 e. The van der Waals surface area contributed by atoms with Crippen LogP contribution in [-0.2, 0) is 16.0 Å². The monoisotopic (exact) mass is 325 g/mol. The van der Waals surface area contributed by atoms with Crippen LogP contribution in [0.15, 0.2) is 29.2 Å². The Labute approximate surface area is 135 Å². The summed E-state index contributed by atoms with van der Waals surface area (Å²) in [5, 5.41) is 11.6. The molecule has 1 rings (SSSR count). The number of rotatable bonds is 6. The van der Waals surface area contributed by atoms with Crippen LogP contribution >= 0.6 is 11.8 Å². The smallest absolute Gasteiger partial charge is 0.408 e. The summed E-state index contributed by atoms with van der Waals surface area (Å²) >= 11 is 1.65. The number of amides is 1. The van der Waals surface area contributed by atoms with Crippen molar-refractivity contribution in [1.82, 2.24) is 5.32 Å². The second kappa shape index (κ2) is 8.08. The Morgan fingerprint density at radius 1 is 1.27 bits per heavy atom. The molecule has 1 aromatic carbocycles. The molecule has 0 saturated carbocycles. The predicted molar refractivity (Wildman–Crippen MR) is 87.3 cm³/mol. The zero-order valence-corrected chi connectivity index (χ0v) is 14.2. The van der Waals surface area contributed by atoms with Crippen molar-refractivity contribution in [3.8, 4) is 0 Å². The number of carbonyl (C=O) groups excluding carboxylic acids is 1. The van der Waals surface area contributed by atoms with Crippen LogP contribution in [0.5, 0.6) is 0 Å². The first-order valence-electron chi connectivity index (χ1n) is 7.06. The first kappa shape index (κ1) is 18.4. The summed E-state index contributed by atoms with van der Waals surface area (Å²) in [6, 6.07) is 6.97. The molecule has 1 amide bonds. The molecule has 0 saturated heterocycles. The van der Waals surface area contributed by atoms with E-state index in [1.807, 2.05) is 30.5 Å². The summed E-state index contributed by atoms with van der Waals surface area (Å²) in [5.74, 6) is -1.06. The normalized spacial score (nSPS) is 12.5. The number of carbonyl (C=O) groups is 2. The summed E-state index contributed by atoms with van der Waals surface area (Å²) < 4.78 is 5.08. The van der Waals surface area contributed by atoms with Gasteiger partial charge in [-0.15, -0.1) is 11.8 Å². The Balaban J connectivity index is 2.57. The number of carboxylic acid groups (broad SMARTS) is 1. The number of ether oxygens (including phenoxy) is 1. The number of carboxylic acids is 1. The third kappa shape index (κ3) is 6.85. The Bertz CT molecular complexity index is 508. The van der Waals surface area contributed by atoms with Crippen molar-refractivity contribution in [1.29, 1.82) is 0 Å². The van der Waals surface area contributed by atoms with E-state index in [-0.39, 0.29) is 0 Å². The highest BCUT2D eigenvalue weighted by atomic mass is 32.2. The zero-order valence-electron chi connectivity index (χ0n) is 13.4. The molecule has 2 N–H and O–H groups in total. The largest absolute Gasteiger partial charge is 0.480 e. The van der Waals surface area contributed by atoms with E-state index in [1.54, 1.807) is 32.5 Å². The van der Waals surface area contributed by atoms with Gasteiger partial charge in [0.05, 0.1) is 0 Å². The van der Waals surface area contributed by atoms with Crippen LogP contribution in [0.2, 0.25) is 0 Å². The van der Waals surface area contributed by atoms with Crippen LogP contribution in [-0.4, -0.2) is 35.1 Å². The lowest BCUT2D eigenvalue weighted by Gasteiger charge is -2.22. The first-order chi connectivity index (χ1) is 10.2. The van der Waals surface area contributed by atoms with Crippen LogP contribution < -0.4 is 5.32 Å². The Kier molecular flexibility index (Phi) is 6.74. The quantitative estimate of drug-likeness (QED) is 0.785. The van der Waals surface area contributed by atoms with E-state index in [1.165, 1.54) is 0 Å². The van der Waals surface area contributed by atoms with Crippen molar-refractivity contribution in [2.24, 2.45) is 0 Å². The molecule has 0 aliphatic carbocycles. The third-order valence-electron chi connectivity index (χ3n) is 2.87. The molecule has 0 aliphatic heterocycles. The number of nitrogens with one attached hydrogen (secondary N) is 1. The minimum Gasteiger partial charge on any atom is -0.480 e. The molecule has 1 aromatic rings. The summed E-state index contributed by atoms with van der Waals surface area (Å²) in [5.41, 5.74) is 0.385. The van der Waals surface area contributed by atoms with Crippen LogP contribution in [0.1, 0.15) is 32.8 Å². The van der Waals surface area contributed by atoms with Gasteiger partial charge < -0.3 is 15.2 Å². The molecule has 0 heterocycles. The summed E-state index contributed by atoms with van der Waals surface area (Å²) in [6.07, 6.45) is 2.17. The number of hydrogen-bond acceptors (Lipinski definition) is 4. The Hall–Kier alpha value is -1.69. The fourth-order valence-corrected chi connectivity index (χ4v) is 2.22. The average molecular weight is 325 g/mol. The second-order valence-corrected chi connectivity index (χ2v) is 6.80. The highest BCUT2D eigenvalue weighted by Crippen LogP contribution is 2.16. The lowest BCUT2D eigenvalue weighted by molar-refractivity contribution is -0.139. The van der Waals surface area contributed by atoms with Gasteiger partial charge in [0, 0.05) is 4.90 Å². The van der Waals surface area contributed by atoms with Crippen LogP contribution in [0, 0.1) is 0 Å². The highest BCUT2D eigenvalue weighted by molar-refractivity contribution is 7.98. The maximum atomic E-state index is 11.7. The Morgan fingerprint density at radius 3 is 2.32 bits per heavy atom. The lowest BCUT2D eigenvalue weighted by Crippen LogP contribution is -2.43. The van der Waals surface area contributed by atoms with Gasteiger partial charge in [-0.05, 0) is 57.6 Å². The fourth-order valence-electron chi connectivity index (χ4n) is 1.81. The molecular weight excluding hydrogens is 302 g/mol. The molecule has 122 valence electrons. The molecule has 0 unspecified atom stereocenters. The minimum absolute atomic E-state index is 0.313. The number of aliphatic carboxylic acids is 1. The van der Waals surface area contributed by atoms with E-state index in [4.69, 9.17) is 4.74 Å². The zero-order chi connectivity index (χ0) is 16.8. The number of alkyl carbamates (subject to hydrolysis) is 1. The van der Waals surface area contributed by atoms with Gasteiger partial charge in [-0.25, -0.2) is 9.59 Å². The molecule has 1 atom stereocenters. The van der Waals surface area contributed by atoms with Gasteiger partial charge in [-0.3, -0.25) is 0 Å². The van der Waals surface area contributed by atoms with Gasteiger partial charge >= 0.3 is 12.1 Å². The molecule has 6 heteroatoms. The average Bonchev–Trinajstić information content (AvgIpc) is 2.41. The van der Waals surface area contributed by atoms with E-state index >= 15 is 0 Å². The summed E-state index contributed by atoms with van der Waals surface area (Å²) in [7, 11) is 0. The molecule has 0 spiro atoms. The second-order valence-electron chi connectivity index (χ2n) is 5.92. The summed E-state index contributed by atoms with van der Waals surface area (Å²) in [6.45, 7) is 5.20. The van der Waals surface area contributed by atoms with Crippen molar-refractivity contribution >= 4 is 23.8 Å². The van der Waals surface area contributed by atoms with Crippen molar-refractivity contribution in [3.05, 3.63) is 29.8 Å². The van der Waals surface area contributed by atoms with Crippen LogP contribution in [0.3, 0.4) is 0 Å². The van der Waals surface area contributed by atoms with Gasteiger partial charge in [-0.1, -0.05) is 12.1 Å². The molecule has 0 bridgehead atoms. The van der Waals surface area contributed by atoms with Crippen molar-refractivity contribution in [2.45, 2.75) is 50.2 Å². The Morgan fingerprint density at radius 2 is 1.86 bits per heavy atom. The number of thioether (sulfide) groups is 1. The number of aryl methyl sites for hydroxylation is 1. The number of benzene rings is 1. The standard InChI is InChI=1S/C16H23NO4S/c1-16(2,3)21-15(20)17-13(14(18)19)10-7-11-5-8-12(22-4)9-6-11/h5-6,8-9,13H,7,10H2,1-4H3,(H,17,20)(H,18,19)/t13-/m0/s1. The van der Waals surface area contributed by atoms with Crippen LogP contribution in [0.4, 0.5) is 4.79 Å². The van der Waals surface area contributed by atoms with Crippen molar-refractivity contribution in [2.75, 3.05) is 6.26 Å². The highest BCUT2D eigenvalue weighted by Gasteiger charge is 2.23. The molecule has 0 radical (unpaired) electrons. The SMILES string of the molecule is CSc1ccc(CC[C@H](NC(=O)OC(C)(C)C)C(=O)O)cc1. The van der Waals surface area contributed by atoms with Gasteiger partial charge in [0.15, 0.2) is 0 Å². The van der Waals surface area contributed by atoms with Gasteiger partial charge in [0.1, 0.15) is 11.6 Å². The molecule has 0 aromatic heterocycles. The van der Waals surface area contributed by atoms with Crippen LogP contribution in [0.25, 0.3) is 0 Å². The van der Waals surface area contributed by atoms with Crippen molar-refractivity contribution < 1.29 is 19.4 Å². The first-order valence-corrected chi connectivity index (χ1v) is 8.29. The van der Waals surface area contributed by atoms with E-state index < -0.39 is 23.7 Å². The van der Waals surface area contributed by atoms with Gasteiger partial charge in [0.25, 0.3) is 0 Å². The minimum atomic E-state index is -1.06. The van der Waals surface area contributed by atoms with E-state index in [9.17, 15) is 14.7 Å². The summed E-state index contributed by atoms with van der Waals surface area (Å²) in [4.78, 5) is 24.1. The van der Waals surface area contributed by atoms with E-state index in [2.05, 4.69) is 5.32 Å². The molecule has 0 fully saturated rings. The topological polar surface area (TPSA) is 75.6 Å². The fraction of sp³-hybridized carbons (Fsp3) is 0.500. The third-order valence-corrected chi connectivity index (χ3v) is 3.61. The maximum absolute atomic E-state index is 11.7. The molecule has 0 aliphatic rings. The number of hydrogen-bond donors (Lipinski definition) is 2. The van der Waals surface area contributed by atoms with Crippen molar-refractivity contribution in [3.63, 3.8) is 0 Å². The van der Waals surface area contributed by atoms with E-state index in [0.29, 0.717) is 12.8 Å².